The second kappa shape index (κ2) is 6.49. The van der Waals surface area contributed by atoms with E-state index in [9.17, 15) is 0 Å². The summed E-state index contributed by atoms with van der Waals surface area (Å²) in [7, 11) is 0. The summed E-state index contributed by atoms with van der Waals surface area (Å²) in [6, 6.07) is 34.0. The van der Waals surface area contributed by atoms with Gasteiger partial charge in [-0.05, 0) is 0 Å². The minimum absolute atomic E-state index is 0.181. The van der Waals surface area contributed by atoms with Gasteiger partial charge in [-0.3, -0.25) is 0 Å². The van der Waals surface area contributed by atoms with E-state index in [0.29, 0.717) is 0 Å². The van der Waals surface area contributed by atoms with Crippen molar-refractivity contribution in [2.45, 2.75) is 0 Å². The molecule has 0 aliphatic rings. The molecule has 1 nitrogen and oxygen atoms in total. The van der Waals surface area contributed by atoms with E-state index in [1.807, 2.05) is 6.07 Å². The monoisotopic (exact) mass is 400 g/mol. The van der Waals surface area contributed by atoms with Gasteiger partial charge in [0.25, 0.3) is 0 Å². The summed E-state index contributed by atoms with van der Waals surface area (Å²) in [6.45, 7) is 0. The second-order valence-electron chi connectivity index (χ2n) is 6.20. The third kappa shape index (κ3) is 2.64. The van der Waals surface area contributed by atoms with Crippen LogP contribution in [-0.4, -0.2) is 15.0 Å². The van der Waals surface area contributed by atoms with Gasteiger partial charge in [0.2, 0.25) is 0 Å². The van der Waals surface area contributed by atoms with E-state index >= 15 is 0 Å². The quantitative estimate of drug-likeness (QED) is 0.393. The molecule has 4 aromatic carbocycles. The van der Waals surface area contributed by atoms with Gasteiger partial charge >= 0.3 is 158 Å². The van der Waals surface area contributed by atoms with Crippen LogP contribution in [0, 0.1) is 0 Å². The van der Waals surface area contributed by atoms with E-state index in [1.54, 1.807) is 0 Å². The van der Waals surface area contributed by atoms with Crippen molar-refractivity contribution in [2.24, 2.45) is 0 Å². The number of fused-ring (bicyclic) bond motifs is 2. The number of hydrogen-bond donors (Lipinski definition) is 0. The van der Waals surface area contributed by atoms with Crippen molar-refractivity contribution in [3.8, 4) is 11.3 Å². The van der Waals surface area contributed by atoms with Gasteiger partial charge in [0.1, 0.15) is 0 Å². The Labute approximate surface area is 158 Å². The molecule has 1 heterocycles. The van der Waals surface area contributed by atoms with Crippen LogP contribution in [0.15, 0.2) is 101 Å². The molecule has 0 aliphatic carbocycles. The van der Waals surface area contributed by atoms with E-state index in [-0.39, 0.29) is 15.0 Å². The van der Waals surface area contributed by atoms with Gasteiger partial charge in [0.05, 0.1) is 0 Å². The number of hydrogen-bond acceptors (Lipinski definition) is 1. The summed E-state index contributed by atoms with van der Waals surface area (Å²) in [4.78, 5) is 0. The molecule has 2 heteroatoms. The molecule has 0 spiro atoms. The Balaban J connectivity index is 1.78. The van der Waals surface area contributed by atoms with Gasteiger partial charge in [-0.25, -0.2) is 0 Å². The molecule has 26 heavy (non-hydrogen) atoms. The Morgan fingerprint density at radius 2 is 1.27 bits per heavy atom. The van der Waals surface area contributed by atoms with Crippen LogP contribution in [0.1, 0.15) is 0 Å². The van der Waals surface area contributed by atoms with Gasteiger partial charge in [0, 0.05) is 0 Å². The molecular formula is C24H16OSe. The van der Waals surface area contributed by atoms with Crippen LogP contribution >= 0.6 is 0 Å². The Morgan fingerprint density at radius 3 is 2.15 bits per heavy atom. The van der Waals surface area contributed by atoms with Crippen LogP contribution in [-0.2, 0) is 0 Å². The van der Waals surface area contributed by atoms with Crippen molar-refractivity contribution >= 4 is 45.6 Å². The zero-order valence-corrected chi connectivity index (χ0v) is 15.8. The normalized spacial score (nSPS) is 11.2. The number of furan rings is 1. The Bertz CT molecular complexity index is 1200. The van der Waals surface area contributed by atoms with Crippen LogP contribution in [0.4, 0.5) is 0 Å². The summed E-state index contributed by atoms with van der Waals surface area (Å²) in [5, 5.41) is 3.70. The van der Waals surface area contributed by atoms with Crippen molar-refractivity contribution in [1.29, 1.82) is 0 Å². The Kier molecular flexibility index (Phi) is 3.86. The molecule has 0 N–H and O–H groups in total. The van der Waals surface area contributed by atoms with E-state index < -0.39 is 0 Å². The fourth-order valence-electron chi connectivity index (χ4n) is 3.33. The van der Waals surface area contributed by atoms with E-state index in [4.69, 9.17) is 4.42 Å². The first-order chi connectivity index (χ1) is 12.9. The Morgan fingerprint density at radius 1 is 0.577 bits per heavy atom. The standard InChI is InChI=1S/C24H16OSe/c1-2-11-18(12-3-1)26-24-21-14-6-7-16-22(21)25-23(24)20-15-8-10-17-9-4-5-13-19(17)20/h1-16H. The maximum atomic E-state index is 6.38. The van der Waals surface area contributed by atoms with E-state index in [2.05, 4.69) is 91.0 Å². The minimum atomic E-state index is 0.181. The van der Waals surface area contributed by atoms with Gasteiger partial charge in [0.15, 0.2) is 0 Å². The summed E-state index contributed by atoms with van der Waals surface area (Å²) in [5.41, 5.74) is 2.13. The average molecular weight is 399 g/mol. The van der Waals surface area contributed by atoms with Crippen molar-refractivity contribution in [3.05, 3.63) is 97.1 Å². The van der Waals surface area contributed by atoms with Crippen molar-refractivity contribution in [3.63, 3.8) is 0 Å². The summed E-state index contributed by atoms with van der Waals surface area (Å²) in [5.74, 6) is 1.01. The zero-order chi connectivity index (χ0) is 17.3. The summed E-state index contributed by atoms with van der Waals surface area (Å²) >= 11 is 0.181. The van der Waals surface area contributed by atoms with Crippen LogP contribution < -0.4 is 8.92 Å². The molecule has 0 saturated heterocycles. The molecule has 1 aromatic heterocycles. The van der Waals surface area contributed by atoms with Crippen LogP contribution in [0.25, 0.3) is 33.1 Å². The van der Waals surface area contributed by atoms with Crippen molar-refractivity contribution < 1.29 is 4.42 Å². The van der Waals surface area contributed by atoms with Crippen LogP contribution in [0.3, 0.4) is 0 Å². The van der Waals surface area contributed by atoms with Crippen LogP contribution in [0.5, 0.6) is 0 Å². The molecule has 124 valence electrons. The zero-order valence-electron chi connectivity index (χ0n) is 14.1. The molecular weight excluding hydrogens is 383 g/mol. The van der Waals surface area contributed by atoms with E-state index in [0.717, 1.165) is 11.3 Å². The van der Waals surface area contributed by atoms with Gasteiger partial charge in [-0.2, -0.15) is 0 Å². The molecule has 5 rings (SSSR count). The molecule has 0 unspecified atom stereocenters. The maximum absolute atomic E-state index is 6.38. The molecule has 0 amide bonds. The fraction of sp³-hybridized carbons (Fsp3) is 0. The average Bonchev–Trinajstić information content (AvgIpc) is 3.07. The number of rotatable bonds is 3. The predicted molar refractivity (Wildman–Crippen MR) is 111 cm³/mol. The van der Waals surface area contributed by atoms with Crippen LogP contribution in [0.2, 0.25) is 0 Å². The van der Waals surface area contributed by atoms with Crippen molar-refractivity contribution in [1.82, 2.24) is 0 Å². The second-order valence-corrected chi connectivity index (χ2v) is 8.47. The van der Waals surface area contributed by atoms with Crippen molar-refractivity contribution in [2.75, 3.05) is 0 Å². The Hall–Kier alpha value is -2.80. The molecule has 0 bridgehead atoms. The molecule has 5 aromatic rings. The summed E-state index contributed by atoms with van der Waals surface area (Å²) < 4.78 is 9.05. The number of para-hydroxylation sites is 1. The van der Waals surface area contributed by atoms with Gasteiger partial charge in [-0.15, -0.1) is 0 Å². The SMILES string of the molecule is c1ccc([Se]c2c(-c3cccc4ccccc34)oc3ccccc23)cc1. The number of benzene rings is 4. The summed E-state index contributed by atoms with van der Waals surface area (Å²) in [6.07, 6.45) is 0. The topological polar surface area (TPSA) is 13.1 Å². The molecule has 0 fully saturated rings. The molecule has 0 aliphatic heterocycles. The first-order valence-electron chi connectivity index (χ1n) is 8.63. The molecule has 0 radical (unpaired) electrons. The first-order valence-corrected chi connectivity index (χ1v) is 10.3. The predicted octanol–water partition coefficient (Wildman–Crippen LogP) is 4.91. The fourth-order valence-corrected chi connectivity index (χ4v) is 5.54. The van der Waals surface area contributed by atoms with Gasteiger partial charge in [-0.1, -0.05) is 0 Å². The first kappa shape index (κ1) is 15.5. The third-order valence-corrected chi connectivity index (χ3v) is 6.89. The van der Waals surface area contributed by atoms with E-state index in [1.165, 1.54) is 30.6 Å². The molecule has 0 saturated carbocycles. The third-order valence-electron chi connectivity index (χ3n) is 4.55. The van der Waals surface area contributed by atoms with Gasteiger partial charge < -0.3 is 0 Å². The molecule has 0 atom stereocenters.